The van der Waals surface area contributed by atoms with Gasteiger partial charge >= 0.3 is 0 Å². The van der Waals surface area contributed by atoms with Crippen molar-refractivity contribution in [2.75, 3.05) is 5.32 Å². The third-order valence-corrected chi connectivity index (χ3v) is 3.51. The first kappa shape index (κ1) is 15.7. The number of nitrogens with zero attached hydrogens (tertiary/aromatic N) is 1. The van der Waals surface area contributed by atoms with Gasteiger partial charge < -0.3 is 9.88 Å². The number of Topliss-reactive ketones (excluding diaryl/α,β-unsaturated/α-hetero) is 1. The molecule has 1 atom stereocenters. The molecule has 0 aliphatic carbocycles. The van der Waals surface area contributed by atoms with Crippen LogP contribution in [0.15, 0.2) is 47.3 Å². The van der Waals surface area contributed by atoms with Crippen LogP contribution in [0.2, 0.25) is 0 Å². The Kier molecular flexibility index (Phi) is 4.56. The van der Waals surface area contributed by atoms with Gasteiger partial charge in [-0.2, -0.15) is 0 Å². The maximum absolute atomic E-state index is 12.4. The molecule has 5 nitrogen and oxygen atoms in total. The van der Waals surface area contributed by atoms with Crippen molar-refractivity contribution >= 4 is 17.4 Å². The molecule has 0 aliphatic heterocycles. The third kappa shape index (κ3) is 3.14. The van der Waals surface area contributed by atoms with Gasteiger partial charge in [0.2, 0.25) is 5.91 Å². The molecule has 114 valence electrons. The highest BCUT2D eigenvalue weighted by Crippen LogP contribution is 2.12. The van der Waals surface area contributed by atoms with Crippen LogP contribution in [0.3, 0.4) is 0 Å². The average molecular weight is 298 g/mol. The van der Waals surface area contributed by atoms with Crippen molar-refractivity contribution < 1.29 is 9.59 Å². The summed E-state index contributed by atoms with van der Waals surface area (Å²) >= 11 is 0. The van der Waals surface area contributed by atoms with E-state index in [-0.39, 0.29) is 17.3 Å². The molecule has 1 N–H and O–H groups in total. The second-order valence-corrected chi connectivity index (χ2v) is 5.15. The normalized spacial score (nSPS) is 11.8. The molecule has 0 radical (unpaired) electrons. The number of pyridine rings is 1. The minimum atomic E-state index is -0.716. The first-order chi connectivity index (χ1) is 10.4. The summed E-state index contributed by atoms with van der Waals surface area (Å²) < 4.78 is 1.34. The van der Waals surface area contributed by atoms with Gasteiger partial charge in [-0.15, -0.1) is 0 Å². The fourth-order valence-electron chi connectivity index (χ4n) is 2.28. The van der Waals surface area contributed by atoms with Crippen LogP contribution in [0.1, 0.15) is 35.9 Å². The highest BCUT2D eigenvalue weighted by Gasteiger charge is 2.20. The fraction of sp³-hybridized carbons (Fsp3) is 0.235. The Morgan fingerprint density at radius 3 is 2.32 bits per heavy atom. The van der Waals surface area contributed by atoms with E-state index in [9.17, 15) is 14.4 Å². The van der Waals surface area contributed by atoms with Crippen LogP contribution >= 0.6 is 0 Å². The number of amides is 1. The van der Waals surface area contributed by atoms with E-state index in [1.54, 1.807) is 32.0 Å². The molecule has 1 unspecified atom stereocenters. The number of hydrogen-bond acceptors (Lipinski definition) is 3. The summed E-state index contributed by atoms with van der Waals surface area (Å²) in [5.41, 5.74) is 0.937. The minimum absolute atomic E-state index is 0.0879. The van der Waals surface area contributed by atoms with Crippen LogP contribution in [-0.4, -0.2) is 16.3 Å². The van der Waals surface area contributed by atoms with Crippen molar-refractivity contribution in [2.45, 2.75) is 26.8 Å². The van der Waals surface area contributed by atoms with Crippen LogP contribution in [-0.2, 0) is 4.79 Å². The minimum Gasteiger partial charge on any atom is -0.324 e. The van der Waals surface area contributed by atoms with Crippen LogP contribution in [0.4, 0.5) is 5.69 Å². The van der Waals surface area contributed by atoms with Gasteiger partial charge in [0.25, 0.3) is 5.56 Å². The zero-order valence-corrected chi connectivity index (χ0v) is 12.8. The van der Waals surface area contributed by atoms with Gasteiger partial charge in [-0.25, -0.2) is 0 Å². The molecular formula is C17H18N2O3. The molecule has 0 aliphatic rings. The van der Waals surface area contributed by atoms with Crippen LogP contribution in [0.5, 0.6) is 0 Å². The topological polar surface area (TPSA) is 68.2 Å². The van der Waals surface area contributed by atoms with Crippen molar-refractivity contribution in [1.82, 2.24) is 4.57 Å². The summed E-state index contributed by atoms with van der Waals surface area (Å²) in [6.07, 6.45) is 0. The summed E-state index contributed by atoms with van der Waals surface area (Å²) in [6.45, 7) is 4.71. The molecule has 0 saturated carbocycles. The second kappa shape index (κ2) is 6.39. The van der Waals surface area contributed by atoms with E-state index in [0.717, 1.165) is 0 Å². The van der Waals surface area contributed by atoms with Crippen molar-refractivity contribution in [3.8, 4) is 0 Å². The van der Waals surface area contributed by atoms with E-state index in [1.807, 2.05) is 18.2 Å². The standard InChI is InChI=1S/C17H18N2O3/c1-11-9-10-15(13(3)20)17(22)19(11)12(2)16(21)18-14-7-5-4-6-8-14/h4-10,12H,1-3H3,(H,18,21). The summed E-state index contributed by atoms with van der Waals surface area (Å²) in [5, 5.41) is 2.76. The molecule has 1 heterocycles. The third-order valence-electron chi connectivity index (χ3n) is 3.51. The number of carbonyl (C=O) groups excluding carboxylic acids is 2. The van der Waals surface area contributed by atoms with Crippen LogP contribution in [0, 0.1) is 6.92 Å². The number of nitrogens with one attached hydrogen (secondary N) is 1. The fourth-order valence-corrected chi connectivity index (χ4v) is 2.28. The maximum atomic E-state index is 12.4. The molecule has 1 aromatic heterocycles. The number of ketones is 1. The summed E-state index contributed by atoms with van der Waals surface area (Å²) in [4.78, 5) is 36.2. The van der Waals surface area contributed by atoms with Gasteiger partial charge in [-0.3, -0.25) is 14.4 Å². The number of benzene rings is 1. The monoisotopic (exact) mass is 298 g/mol. The molecule has 2 rings (SSSR count). The quantitative estimate of drug-likeness (QED) is 0.882. The second-order valence-electron chi connectivity index (χ2n) is 5.15. The van der Waals surface area contributed by atoms with E-state index in [4.69, 9.17) is 0 Å². The number of rotatable bonds is 4. The summed E-state index contributed by atoms with van der Waals surface area (Å²) in [6, 6.07) is 11.5. The Morgan fingerprint density at radius 1 is 1.09 bits per heavy atom. The van der Waals surface area contributed by atoms with Crippen molar-refractivity contribution in [2.24, 2.45) is 0 Å². The number of para-hydroxylation sites is 1. The lowest BCUT2D eigenvalue weighted by Crippen LogP contribution is -2.35. The molecular weight excluding hydrogens is 280 g/mol. The molecule has 0 bridgehead atoms. The molecule has 1 aromatic carbocycles. The van der Waals surface area contributed by atoms with Crippen molar-refractivity contribution in [3.63, 3.8) is 0 Å². The van der Waals surface area contributed by atoms with Crippen molar-refractivity contribution in [3.05, 3.63) is 64.1 Å². The molecule has 0 spiro atoms. The van der Waals surface area contributed by atoms with E-state index in [1.165, 1.54) is 17.6 Å². The highest BCUT2D eigenvalue weighted by molar-refractivity contribution is 5.95. The number of aryl methyl sites for hydroxylation is 1. The van der Waals surface area contributed by atoms with Gasteiger partial charge in [0.05, 0.1) is 5.56 Å². The highest BCUT2D eigenvalue weighted by atomic mass is 16.2. The van der Waals surface area contributed by atoms with E-state index >= 15 is 0 Å². The summed E-state index contributed by atoms with van der Waals surface area (Å²) in [5.74, 6) is -0.619. The first-order valence-electron chi connectivity index (χ1n) is 7.01. The maximum Gasteiger partial charge on any atom is 0.262 e. The number of hydrogen-bond donors (Lipinski definition) is 1. The number of anilines is 1. The predicted molar refractivity (Wildman–Crippen MR) is 85.2 cm³/mol. The van der Waals surface area contributed by atoms with E-state index in [0.29, 0.717) is 11.4 Å². The Bertz CT molecular complexity index is 763. The molecule has 0 saturated heterocycles. The number of aromatic nitrogens is 1. The molecule has 2 aromatic rings. The molecule has 22 heavy (non-hydrogen) atoms. The smallest absolute Gasteiger partial charge is 0.262 e. The largest absolute Gasteiger partial charge is 0.324 e. The summed E-state index contributed by atoms with van der Waals surface area (Å²) in [7, 11) is 0. The number of carbonyl (C=O) groups is 2. The van der Waals surface area contributed by atoms with Gasteiger partial charge in [-0.1, -0.05) is 18.2 Å². The van der Waals surface area contributed by atoms with Gasteiger partial charge in [-0.05, 0) is 45.0 Å². The molecule has 1 amide bonds. The van der Waals surface area contributed by atoms with Crippen LogP contribution < -0.4 is 10.9 Å². The molecule has 5 heteroatoms. The van der Waals surface area contributed by atoms with Gasteiger partial charge in [0, 0.05) is 11.4 Å². The predicted octanol–water partition coefficient (Wildman–Crippen LogP) is 2.56. The lowest BCUT2D eigenvalue weighted by atomic mass is 10.1. The first-order valence-corrected chi connectivity index (χ1v) is 7.01. The molecule has 0 fully saturated rings. The Morgan fingerprint density at radius 2 is 1.73 bits per heavy atom. The van der Waals surface area contributed by atoms with E-state index < -0.39 is 11.6 Å². The zero-order chi connectivity index (χ0) is 16.3. The van der Waals surface area contributed by atoms with Crippen molar-refractivity contribution in [1.29, 1.82) is 0 Å². The Balaban J connectivity index is 2.35. The Labute approximate surface area is 128 Å². The lowest BCUT2D eigenvalue weighted by Gasteiger charge is -2.18. The van der Waals surface area contributed by atoms with E-state index in [2.05, 4.69) is 5.32 Å². The lowest BCUT2D eigenvalue weighted by molar-refractivity contribution is -0.118. The zero-order valence-electron chi connectivity index (χ0n) is 12.8. The van der Waals surface area contributed by atoms with Gasteiger partial charge in [0.1, 0.15) is 6.04 Å². The Hall–Kier alpha value is -2.69. The SMILES string of the molecule is CC(=O)c1ccc(C)n(C(C)C(=O)Nc2ccccc2)c1=O. The average Bonchev–Trinajstić information content (AvgIpc) is 2.47. The van der Waals surface area contributed by atoms with Crippen LogP contribution in [0.25, 0.3) is 0 Å². The van der Waals surface area contributed by atoms with Gasteiger partial charge in [0.15, 0.2) is 5.78 Å².